The first-order valence-electron chi connectivity index (χ1n) is 10.3. The molecule has 0 N–H and O–H groups in total. The van der Waals surface area contributed by atoms with E-state index in [1.807, 2.05) is 23.1 Å². The quantitative estimate of drug-likeness (QED) is 0.643. The molecule has 5 rings (SSSR count). The lowest BCUT2D eigenvalue weighted by Crippen LogP contribution is -2.38. The molecule has 3 aromatic rings. The van der Waals surface area contributed by atoms with Crippen molar-refractivity contribution in [3.05, 3.63) is 54.2 Å². The molecule has 0 aliphatic carbocycles. The number of carbonyl (C=O) groups excluding carboxylic acids is 1. The third-order valence-corrected chi connectivity index (χ3v) is 5.93. The second kappa shape index (κ2) is 8.00. The lowest BCUT2D eigenvalue weighted by atomic mass is 10.1. The molecule has 2 aromatic heterocycles. The third kappa shape index (κ3) is 3.80. The van der Waals surface area contributed by atoms with Gasteiger partial charge in [0.05, 0.1) is 37.1 Å². The van der Waals surface area contributed by atoms with Crippen LogP contribution in [-0.2, 0) is 22.6 Å². The van der Waals surface area contributed by atoms with Gasteiger partial charge in [0.15, 0.2) is 0 Å². The van der Waals surface area contributed by atoms with E-state index in [1.54, 1.807) is 6.26 Å². The third-order valence-electron chi connectivity index (χ3n) is 5.93. The van der Waals surface area contributed by atoms with Gasteiger partial charge in [-0.2, -0.15) is 0 Å². The fourth-order valence-corrected chi connectivity index (χ4v) is 4.40. The largest absolute Gasteiger partial charge is 0.467 e. The first-order chi connectivity index (χ1) is 14.3. The fourth-order valence-electron chi connectivity index (χ4n) is 4.40. The number of imidazole rings is 1. The molecule has 1 aromatic carbocycles. The SMILES string of the molecule is O=C1CC(c2nc3ccccc3n2CCN2CCOCC2)CN1Cc1ccco1. The van der Waals surface area contributed by atoms with Gasteiger partial charge in [-0.15, -0.1) is 0 Å². The summed E-state index contributed by atoms with van der Waals surface area (Å²) in [5, 5.41) is 0. The number of aromatic nitrogens is 2. The predicted molar refractivity (Wildman–Crippen MR) is 108 cm³/mol. The van der Waals surface area contributed by atoms with Crippen LogP contribution < -0.4 is 0 Å². The number of rotatable bonds is 6. The first kappa shape index (κ1) is 18.4. The van der Waals surface area contributed by atoms with E-state index in [2.05, 4.69) is 27.7 Å². The minimum Gasteiger partial charge on any atom is -0.467 e. The maximum Gasteiger partial charge on any atom is 0.223 e. The van der Waals surface area contributed by atoms with Crippen LogP contribution in [0.3, 0.4) is 0 Å². The van der Waals surface area contributed by atoms with Gasteiger partial charge in [0.2, 0.25) is 5.91 Å². The molecule has 29 heavy (non-hydrogen) atoms. The molecule has 1 unspecified atom stereocenters. The smallest absolute Gasteiger partial charge is 0.223 e. The number of amides is 1. The Balaban J connectivity index is 1.38. The molecule has 7 heteroatoms. The van der Waals surface area contributed by atoms with Crippen LogP contribution in [0.25, 0.3) is 11.0 Å². The normalized spacial score (nSPS) is 20.8. The number of furan rings is 1. The van der Waals surface area contributed by atoms with Crippen LogP contribution in [0, 0.1) is 0 Å². The second-order valence-electron chi connectivity index (χ2n) is 7.82. The highest BCUT2D eigenvalue weighted by atomic mass is 16.5. The summed E-state index contributed by atoms with van der Waals surface area (Å²) in [5.41, 5.74) is 2.15. The van der Waals surface area contributed by atoms with Crippen LogP contribution in [0.1, 0.15) is 23.9 Å². The van der Waals surface area contributed by atoms with E-state index in [9.17, 15) is 4.79 Å². The summed E-state index contributed by atoms with van der Waals surface area (Å²) in [6.07, 6.45) is 2.15. The van der Waals surface area contributed by atoms with Crippen LogP contribution in [0.15, 0.2) is 47.1 Å². The molecule has 1 amide bonds. The molecule has 2 saturated heterocycles. The van der Waals surface area contributed by atoms with Crippen LogP contribution >= 0.6 is 0 Å². The summed E-state index contributed by atoms with van der Waals surface area (Å²) in [5.74, 6) is 2.11. The summed E-state index contributed by atoms with van der Waals surface area (Å²) in [4.78, 5) is 21.9. The zero-order valence-corrected chi connectivity index (χ0v) is 16.5. The fraction of sp³-hybridized carbons (Fsp3) is 0.455. The monoisotopic (exact) mass is 394 g/mol. The van der Waals surface area contributed by atoms with Crippen LogP contribution in [-0.4, -0.2) is 64.7 Å². The molecule has 0 radical (unpaired) electrons. The number of nitrogens with zero attached hydrogens (tertiary/aromatic N) is 4. The van der Waals surface area contributed by atoms with Crippen LogP contribution in [0.4, 0.5) is 0 Å². The minimum atomic E-state index is 0.106. The van der Waals surface area contributed by atoms with Crippen LogP contribution in [0.5, 0.6) is 0 Å². The Labute approximate surface area is 169 Å². The zero-order chi connectivity index (χ0) is 19.6. The van der Waals surface area contributed by atoms with E-state index < -0.39 is 0 Å². The van der Waals surface area contributed by atoms with Crippen molar-refractivity contribution in [3.8, 4) is 0 Å². The number of hydrogen-bond donors (Lipinski definition) is 0. The standard InChI is InChI=1S/C22H26N4O3/c27-21-14-17(15-25(21)16-18-4-3-11-29-18)22-23-19-5-1-2-6-20(19)26(22)8-7-24-9-12-28-13-10-24/h1-6,11,17H,7-10,12-16H2. The Morgan fingerprint density at radius 2 is 1.93 bits per heavy atom. The number of carbonyl (C=O) groups is 1. The number of para-hydroxylation sites is 2. The minimum absolute atomic E-state index is 0.106. The highest BCUT2D eigenvalue weighted by Crippen LogP contribution is 2.31. The van der Waals surface area contributed by atoms with E-state index in [0.29, 0.717) is 19.5 Å². The molecule has 0 spiro atoms. The van der Waals surface area contributed by atoms with Gasteiger partial charge in [0, 0.05) is 45.1 Å². The molecule has 4 heterocycles. The topological polar surface area (TPSA) is 63.7 Å². The van der Waals surface area contributed by atoms with Gasteiger partial charge in [0.25, 0.3) is 0 Å². The molecular formula is C22H26N4O3. The molecular weight excluding hydrogens is 368 g/mol. The highest BCUT2D eigenvalue weighted by Gasteiger charge is 2.34. The molecule has 0 saturated carbocycles. The van der Waals surface area contributed by atoms with Crippen molar-refractivity contribution >= 4 is 16.9 Å². The molecule has 0 bridgehead atoms. The van der Waals surface area contributed by atoms with Gasteiger partial charge in [-0.25, -0.2) is 4.98 Å². The Bertz CT molecular complexity index is 975. The molecule has 2 aliphatic rings. The Morgan fingerprint density at radius 3 is 2.76 bits per heavy atom. The van der Waals surface area contributed by atoms with E-state index in [1.165, 1.54) is 0 Å². The van der Waals surface area contributed by atoms with E-state index in [4.69, 9.17) is 14.1 Å². The van der Waals surface area contributed by atoms with Crippen molar-refractivity contribution in [2.45, 2.75) is 25.4 Å². The second-order valence-corrected chi connectivity index (χ2v) is 7.82. The van der Waals surface area contributed by atoms with Crippen molar-refractivity contribution in [1.29, 1.82) is 0 Å². The van der Waals surface area contributed by atoms with Gasteiger partial charge in [-0.1, -0.05) is 12.1 Å². The lowest BCUT2D eigenvalue weighted by molar-refractivity contribution is -0.128. The number of hydrogen-bond acceptors (Lipinski definition) is 5. The van der Waals surface area contributed by atoms with Crippen molar-refractivity contribution in [1.82, 2.24) is 19.4 Å². The van der Waals surface area contributed by atoms with E-state index >= 15 is 0 Å². The van der Waals surface area contributed by atoms with Crippen LogP contribution in [0.2, 0.25) is 0 Å². The molecule has 152 valence electrons. The van der Waals surface area contributed by atoms with Crippen molar-refractivity contribution in [2.75, 3.05) is 39.4 Å². The number of benzene rings is 1. The predicted octanol–water partition coefficient (Wildman–Crippen LogP) is 2.48. The van der Waals surface area contributed by atoms with Gasteiger partial charge in [0.1, 0.15) is 11.6 Å². The zero-order valence-electron chi connectivity index (χ0n) is 16.5. The molecule has 2 fully saturated rings. The lowest BCUT2D eigenvalue weighted by Gasteiger charge is -2.27. The number of fused-ring (bicyclic) bond motifs is 1. The summed E-state index contributed by atoms with van der Waals surface area (Å²) >= 11 is 0. The summed E-state index contributed by atoms with van der Waals surface area (Å²) in [7, 11) is 0. The molecule has 7 nitrogen and oxygen atoms in total. The first-order valence-corrected chi connectivity index (χ1v) is 10.3. The molecule has 1 atom stereocenters. The molecule has 2 aliphatic heterocycles. The average molecular weight is 394 g/mol. The van der Waals surface area contributed by atoms with Gasteiger partial charge in [-0.05, 0) is 24.3 Å². The van der Waals surface area contributed by atoms with E-state index in [0.717, 1.165) is 62.0 Å². The highest BCUT2D eigenvalue weighted by molar-refractivity contribution is 5.80. The maximum atomic E-state index is 12.6. The van der Waals surface area contributed by atoms with Crippen molar-refractivity contribution < 1.29 is 13.9 Å². The van der Waals surface area contributed by atoms with Gasteiger partial charge >= 0.3 is 0 Å². The van der Waals surface area contributed by atoms with Crippen molar-refractivity contribution in [3.63, 3.8) is 0 Å². The number of likely N-dealkylation sites (tertiary alicyclic amines) is 1. The summed E-state index contributed by atoms with van der Waals surface area (Å²) in [6.45, 7) is 6.59. The number of morpholine rings is 1. The average Bonchev–Trinajstić information content (AvgIpc) is 3.47. The number of ether oxygens (including phenoxy) is 1. The van der Waals surface area contributed by atoms with Gasteiger partial charge < -0.3 is 18.6 Å². The van der Waals surface area contributed by atoms with E-state index in [-0.39, 0.29) is 11.8 Å². The Morgan fingerprint density at radius 1 is 1.07 bits per heavy atom. The maximum absolute atomic E-state index is 12.6. The van der Waals surface area contributed by atoms with Crippen molar-refractivity contribution in [2.24, 2.45) is 0 Å². The summed E-state index contributed by atoms with van der Waals surface area (Å²) < 4.78 is 13.2. The summed E-state index contributed by atoms with van der Waals surface area (Å²) in [6, 6.07) is 12.0. The Hall–Kier alpha value is -2.64. The Kier molecular flexibility index (Phi) is 5.08. The van der Waals surface area contributed by atoms with Gasteiger partial charge in [-0.3, -0.25) is 9.69 Å².